The molecule has 0 fully saturated rings. The van der Waals surface area contributed by atoms with Gasteiger partial charge in [0.25, 0.3) is 0 Å². The van der Waals surface area contributed by atoms with Crippen molar-refractivity contribution < 1.29 is 13.2 Å². The van der Waals surface area contributed by atoms with Gasteiger partial charge >= 0.3 is 6.18 Å². The van der Waals surface area contributed by atoms with Crippen LogP contribution in [0.15, 0.2) is 24.3 Å². The fourth-order valence-electron chi connectivity index (χ4n) is 1.65. The van der Waals surface area contributed by atoms with E-state index in [1.54, 1.807) is 19.1 Å². The van der Waals surface area contributed by atoms with Crippen LogP contribution < -0.4 is 5.73 Å². The fraction of sp³-hybridized carbons (Fsp3) is 0.182. The van der Waals surface area contributed by atoms with Crippen molar-refractivity contribution in [1.29, 1.82) is 0 Å². The van der Waals surface area contributed by atoms with Gasteiger partial charge in [-0.25, -0.2) is 4.98 Å². The second-order valence-corrected chi connectivity index (χ2v) is 3.56. The third-order valence-corrected chi connectivity index (χ3v) is 2.36. The van der Waals surface area contributed by atoms with Gasteiger partial charge in [-0.3, -0.25) is 0 Å². The van der Waals surface area contributed by atoms with Crippen molar-refractivity contribution >= 4 is 16.6 Å². The number of rotatable bonds is 0. The highest BCUT2D eigenvalue weighted by molar-refractivity contribution is 5.93. The lowest BCUT2D eigenvalue weighted by Gasteiger charge is -2.10. The minimum absolute atomic E-state index is 0.107. The Kier molecular flexibility index (Phi) is 2.26. The molecule has 0 spiro atoms. The molecule has 0 saturated carbocycles. The molecule has 16 heavy (non-hydrogen) atoms. The molecule has 0 aliphatic carbocycles. The Morgan fingerprint density at radius 3 is 2.56 bits per heavy atom. The van der Waals surface area contributed by atoms with Crippen LogP contribution in [0.2, 0.25) is 0 Å². The predicted molar refractivity (Wildman–Crippen MR) is 55.9 cm³/mol. The summed E-state index contributed by atoms with van der Waals surface area (Å²) in [6.07, 6.45) is -4.47. The van der Waals surface area contributed by atoms with E-state index < -0.39 is 11.9 Å². The minimum atomic E-state index is -4.47. The quantitative estimate of drug-likeness (QED) is 0.749. The molecule has 84 valence electrons. The van der Waals surface area contributed by atoms with Crippen LogP contribution in [-0.2, 0) is 6.18 Å². The summed E-state index contributed by atoms with van der Waals surface area (Å²) < 4.78 is 37.4. The summed E-state index contributed by atoms with van der Waals surface area (Å²) in [5.41, 5.74) is 5.85. The van der Waals surface area contributed by atoms with Crippen molar-refractivity contribution in [3.05, 3.63) is 35.5 Å². The van der Waals surface area contributed by atoms with E-state index in [-0.39, 0.29) is 11.2 Å². The van der Waals surface area contributed by atoms with Gasteiger partial charge in [-0.15, -0.1) is 0 Å². The molecule has 0 atom stereocenters. The van der Waals surface area contributed by atoms with Crippen LogP contribution in [0.5, 0.6) is 0 Å². The lowest BCUT2D eigenvalue weighted by molar-refractivity contribution is -0.140. The Hall–Kier alpha value is -1.78. The molecule has 2 N–H and O–H groups in total. The monoisotopic (exact) mass is 226 g/mol. The van der Waals surface area contributed by atoms with E-state index in [0.29, 0.717) is 5.39 Å². The van der Waals surface area contributed by atoms with Crippen molar-refractivity contribution in [3.63, 3.8) is 0 Å². The number of pyridine rings is 1. The number of nitrogens with zero attached hydrogens (tertiary/aromatic N) is 1. The molecule has 5 heteroatoms. The fourth-order valence-corrected chi connectivity index (χ4v) is 1.65. The average molecular weight is 226 g/mol. The van der Waals surface area contributed by atoms with Gasteiger partial charge in [0.1, 0.15) is 5.69 Å². The van der Waals surface area contributed by atoms with E-state index in [1.165, 1.54) is 6.07 Å². The largest absolute Gasteiger partial charge is 0.433 e. The molecule has 0 saturated heterocycles. The highest BCUT2D eigenvalue weighted by Crippen LogP contribution is 2.32. The highest BCUT2D eigenvalue weighted by atomic mass is 19.4. The number of benzene rings is 1. The summed E-state index contributed by atoms with van der Waals surface area (Å²) >= 11 is 0. The van der Waals surface area contributed by atoms with E-state index in [2.05, 4.69) is 4.98 Å². The number of aromatic nitrogens is 1. The summed E-state index contributed by atoms with van der Waals surface area (Å²) in [6, 6.07) is 5.83. The Morgan fingerprint density at radius 2 is 1.94 bits per heavy atom. The molecule has 0 amide bonds. The van der Waals surface area contributed by atoms with Gasteiger partial charge in [0.05, 0.1) is 5.52 Å². The number of anilines is 1. The van der Waals surface area contributed by atoms with Gasteiger partial charge in [0, 0.05) is 11.1 Å². The maximum absolute atomic E-state index is 12.5. The zero-order valence-electron chi connectivity index (χ0n) is 8.47. The molecule has 0 radical (unpaired) electrons. The van der Waals surface area contributed by atoms with Gasteiger partial charge < -0.3 is 5.73 Å². The van der Waals surface area contributed by atoms with Crippen LogP contribution in [0.1, 0.15) is 11.3 Å². The molecule has 1 aromatic heterocycles. The average Bonchev–Trinajstić information content (AvgIpc) is 2.15. The first-order valence-electron chi connectivity index (χ1n) is 4.62. The van der Waals surface area contributed by atoms with E-state index in [4.69, 9.17) is 5.73 Å². The van der Waals surface area contributed by atoms with Crippen LogP contribution in [0.25, 0.3) is 10.9 Å². The zero-order valence-corrected chi connectivity index (χ0v) is 8.47. The van der Waals surface area contributed by atoms with E-state index in [0.717, 1.165) is 11.6 Å². The maximum Gasteiger partial charge on any atom is 0.433 e. The maximum atomic E-state index is 12.5. The predicted octanol–water partition coefficient (Wildman–Crippen LogP) is 3.14. The topological polar surface area (TPSA) is 38.9 Å². The Labute approximate surface area is 89.9 Å². The third kappa shape index (κ3) is 1.68. The van der Waals surface area contributed by atoms with Gasteiger partial charge in [-0.1, -0.05) is 12.1 Å². The second kappa shape index (κ2) is 3.37. The first-order valence-corrected chi connectivity index (χ1v) is 4.62. The van der Waals surface area contributed by atoms with Crippen molar-refractivity contribution in [3.8, 4) is 0 Å². The first kappa shape index (κ1) is 10.7. The smallest absolute Gasteiger partial charge is 0.398 e. The van der Waals surface area contributed by atoms with Crippen LogP contribution in [-0.4, -0.2) is 4.98 Å². The first-order chi connectivity index (χ1) is 7.39. The van der Waals surface area contributed by atoms with Crippen molar-refractivity contribution in [2.75, 3.05) is 5.73 Å². The molecule has 1 aromatic carbocycles. The lowest BCUT2D eigenvalue weighted by Crippen LogP contribution is -2.09. The Morgan fingerprint density at radius 1 is 1.25 bits per heavy atom. The number of fused-ring (bicyclic) bond motifs is 1. The molecule has 1 heterocycles. The summed E-state index contributed by atoms with van der Waals surface area (Å²) in [5.74, 6) is 0. The molecule has 0 unspecified atom stereocenters. The molecule has 2 aromatic rings. The summed E-state index contributed by atoms with van der Waals surface area (Å²) in [4.78, 5) is 3.56. The van der Waals surface area contributed by atoms with Crippen molar-refractivity contribution in [1.82, 2.24) is 4.98 Å². The molecular formula is C11H9F3N2. The van der Waals surface area contributed by atoms with Gasteiger partial charge in [0.15, 0.2) is 0 Å². The lowest BCUT2D eigenvalue weighted by atomic mass is 10.1. The van der Waals surface area contributed by atoms with E-state index >= 15 is 0 Å². The number of alkyl halides is 3. The molecule has 0 aliphatic rings. The van der Waals surface area contributed by atoms with Gasteiger partial charge in [-0.05, 0) is 24.6 Å². The van der Waals surface area contributed by atoms with E-state index in [9.17, 15) is 13.2 Å². The van der Waals surface area contributed by atoms with Crippen molar-refractivity contribution in [2.45, 2.75) is 13.1 Å². The third-order valence-electron chi connectivity index (χ3n) is 2.36. The summed E-state index contributed by atoms with van der Waals surface area (Å²) in [7, 11) is 0. The number of hydrogen-bond donors (Lipinski definition) is 1. The van der Waals surface area contributed by atoms with Crippen LogP contribution in [0.4, 0.5) is 18.9 Å². The van der Waals surface area contributed by atoms with Gasteiger partial charge in [-0.2, -0.15) is 13.2 Å². The summed E-state index contributed by atoms with van der Waals surface area (Å²) in [6.45, 7) is 1.79. The molecule has 2 rings (SSSR count). The second-order valence-electron chi connectivity index (χ2n) is 3.56. The van der Waals surface area contributed by atoms with Crippen LogP contribution >= 0.6 is 0 Å². The Balaban J connectivity index is 2.79. The van der Waals surface area contributed by atoms with Crippen molar-refractivity contribution in [2.24, 2.45) is 0 Å². The number of nitrogen functional groups attached to an aromatic ring is 1. The SMILES string of the molecule is Cc1cccc2nc(C(F)(F)F)cc(N)c12. The minimum Gasteiger partial charge on any atom is -0.398 e. The Bertz CT molecular complexity index is 547. The highest BCUT2D eigenvalue weighted by Gasteiger charge is 2.33. The molecule has 0 bridgehead atoms. The number of nitrogens with two attached hydrogens (primary N) is 1. The molecule has 0 aliphatic heterocycles. The van der Waals surface area contributed by atoms with Crippen LogP contribution in [0, 0.1) is 6.92 Å². The number of halogens is 3. The summed E-state index contributed by atoms with van der Waals surface area (Å²) in [5, 5.41) is 0.579. The number of hydrogen-bond acceptors (Lipinski definition) is 2. The molecule has 2 nitrogen and oxygen atoms in total. The van der Waals surface area contributed by atoms with Crippen LogP contribution in [0.3, 0.4) is 0 Å². The normalized spacial score (nSPS) is 12.0. The standard InChI is InChI=1S/C11H9F3N2/c1-6-3-2-4-8-10(6)7(15)5-9(16-8)11(12,13)14/h2-5H,1H3,(H2,15,16). The zero-order chi connectivity index (χ0) is 11.9. The van der Waals surface area contributed by atoms with Gasteiger partial charge in [0.2, 0.25) is 0 Å². The number of aryl methyl sites for hydroxylation is 1. The van der Waals surface area contributed by atoms with E-state index in [1.807, 2.05) is 0 Å². The molecular weight excluding hydrogens is 217 g/mol.